The first kappa shape index (κ1) is 11.7. The van der Waals surface area contributed by atoms with E-state index in [1.54, 1.807) is 12.1 Å². The molecule has 1 fully saturated rings. The van der Waals surface area contributed by atoms with E-state index in [1.165, 1.54) is 38.2 Å². The molecular formula is C13H17ClFN. The van der Waals surface area contributed by atoms with Gasteiger partial charge in [-0.2, -0.15) is 0 Å². The van der Waals surface area contributed by atoms with E-state index in [0.717, 1.165) is 6.54 Å². The molecule has 0 atom stereocenters. The van der Waals surface area contributed by atoms with Gasteiger partial charge in [-0.25, -0.2) is 4.39 Å². The third-order valence-corrected chi connectivity index (χ3v) is 3.47. The van der Waals surface area contributed by atoms with Crippen molar-refractivity contribution in [2.75, 3.05) is 11.9 Å². The van der Waals surface area contributed by atoms with Crippen LogP contribution < -0.4 is 5.32 Å². The normalized spacial score (nSPS) is 17.4. The summed E-state index contributed by atoms with van der Waals surface area (Å²) < 4.78 is 13.5. The van der Waals surface area contributed by atoms with Crippen LogP contribution >= 0.6 is 11.6 Å². The van der Waals surface area contributed by atoms with Gasteiger partial charge in [0, 0.05) is 11.6 Å². The number of halogens is 2. The Morgan fingerprint density at radius 1 is 1.25 bits per heavy atom. The molecule has 0 amide bonds. The van der Waals surface area contributed by atoms with Gasteiger partial charge >= 0.3 is 0 Å². The maximum atomic E-state index is 13.5. The van der Waals surface area contributed by atoms with Gasteiger partial charge in [0.05, 0.1) is 5.69 Å². The molecule has 0 saturated heterocycles. The van der Waals surface area contributed by atoms with Crippen LogP contribution in [0.4, 0.5) is 10.1 Å². The van der Waals surface area contributed by atoms with Crippen molar-refractivity contribution in [1.29, 1.82) is 0 Å². The largest absolute Gasteiger partial charge is 0.382 e. The first-order chi connectivity index (χ1) is 7.75. The van der Waals surface area contributed by atoms with Gasteiger partial charge in [-0.3, -0.25) is 0 Å². The Balaban J connectivity index is 1.88. The Hall–Kier alpha value is -0.760. The number of rotatable bonds is 3. The van der Waals surface area contributed by atoms with Crippen LogP contribution in [0, 0.1) is 11.7 Å². The number of hydrogen-bond donors (Lipinski definition) is 1. The Labute approximate surface area is 101 Å². The van der Waals surface area contributed by atoms with Crippen molar-refractivity contribution in [2.24, 2.45) is 5.92 Å². The summed E-state index contributed by atoms with van der Waals surface area (Å²) in [6.07, 6.45) is 6.51. The van der Waals surface area contributed by atoms with Crippen molar-refractivity contribution in [3.05, 3.63) is 29.0 Å². The van der Waals surface area contributed by atoms with Crippen LogP contribution in [-0.2, 0) is 0 Å². The molecule has 2 rings (SSSR count). The third-order valence-electron chi connectivity index (χ3n) is 3.24. The summed E-state index contributed by atoms with van der Waals surface area (Å²) in [4.78, 5) is 0. The van der Waals surface area contributed by atoms with Crippen molar-refractivity contribution < 1.29 is 4.39 Å². The zero-order valence-corrected chi connectivity index (χ0v) is 10.1. The lowest BCUT2D eigenvalue weighted by Crippen LogP contribution is -2.17. The van der Waals surface area contributed by atoms with Crippen molar-refractivity contribution in [1.82, 2.24) is 0 Å². The first-order valence-electron chi connectivity index (χ1n) is 5.94. The Kier molecular flexibility index (Phi) is 4.05. The molecule has 3 heteroatoms. The molecule has 1 N–H and O–H groups in total. The standard InChI is InChI=1S/C13H17ClFN/c14-11-6-7-13(12(15)8-11)16-9-10-4-2-1-3-5-10/h6-8,10,16H,1-5,9H2. The fraction of sp³-hybridized carbons (Fsp3) is 0.538. The molecule has 1 aromatic carbocycles. The quantitative estimate of drug-likeness (QED) is 0.823. The van der Waals surface area contributed by atoms with Crippen LogP contribution in [0.2, 0.25) is 5.02 Å². The van der Waals surface area contributed by atoms with Gasteiger partial charge in [0.25, 0.3) is 0 Å². The van der Waals surface area contributed by atoms with E-state index in [2.05, 4.69) is 5.32 Å². The average Bonchev–Trinajstić information content (AvgIpc) is 2.29. The summed E-state index contributed by atoms with van der Waals surface area (Å²) in [6, 6.07) is 4.78. The van der Waals surface area contributed by atoms with Gasteiger partial charge < -0.3 is 5.32 Å². The van der Waals surface area contributed by atoms with Gasteiger partial charge in [0.2, 0.25) is 0 Å². The minimum atomic E-state index is -0.261. The van der Waals surface area contributed by atoms with Crippen LogP contribution in [0.5, 0.6) is 0 Å². The number of benzene rings is 1. The lowest BCUT2D eigenvalue weighted by Gasteiger charge is -2.22. The number of nitrogens with one attached hydrogen (secondary N) is 1. The molecule has 1 aliphatic carbocycles. The smallest absolute Gasteiger partial charge is 0.147 e. The lowest BCUT2D eigenvalue weighted by atomic mass is 9.89. The van der Waals surface area contributed by atoms with Gasteiger partial charge in [0.1, 0.15) is 5.82 Å². The van der Waals surface area contributed by atoms with E-state index in [1.807, 2.05) is 0 Å². The van der Waals surface area contributed by atoms with E-state index in [0.29, 0.717) is 16.6 Å². The molecule has 0 spiro atoms. The predicted octanol–water partition coefficient (Wildman–Crippen LogP) is 4.47. The first-order valence-corrected chi connectivity index (χ1v) is 6.32. The fourth-order valence-electron chi connectivity index (χ4n) is 2.28. The molecule has 0 radical (unpaired) electrons. The molecule has 0 unspecified atom stereocenters. The molecular weight excluding hydrogens is 225 g/mol. The van der Waals surface area contributed by atoms with Crippen LogP contribution in [0.15, 0.2) is 18.2 Å². The second-order valence-corrected chi connectivity index (χ2v) is 4.95. The minimum Gasteiger partial charge on any atom is -0.382 e. The van der Waals surface area contributed by atoms with Crippen LogP contribution in [0.25, 0.3) is 0 Å². The zero-order valence-electron chi connectivity index (χ0n) is 9.31. The van der Waals surface area contributed by atoms with Crippen LogP contribution in [0.3, 0.4) is 0 Å². The van der Waals surface area contributed by atoms with Gasteiger partial charge in [-0.05, 0) is 37.0 Å². The molecule has 16 heavy (non-hydrogen) atoms. The average molecular weight is 242 g/mol. The topological polar surface area (TPSA) is 12.0 Å². The number of anilines is 1. The van der Waals surface area contributed by atoms with E-state index in [9.17, 15) is 4.39 Å². The highest BCUT2D eigenvalue weighted by atomic mass is 35.5. The van der Waals surface area contributed by atoms with Crippen LogP contribution in [0.1, 0.15) is 32.1 Å². The summed E-state index contributed by atoms with van der Waals surface area (Å²) in [6.45, 7) is 0.874. The highest BCUT2D eigenvalue weighted by molar-refractivity contribution is 6.30. The van der Waals surface area contributed by atoms with Crippen molar-refractivity contribution in [2.45, 2.75) is 32.1 Å². The molecule has 1 aliphatic rings. The van der Waals surface area contributed by atoms with E-state index >= 15 is 0 Å². The second-order valence-electron chi connectivity index (χ2n) is 4.51. The maximum Gasteiger partial charge on any atom is 0.147 e. The van der Waals surface area contributed by atoms with E-state index in [-0.39, 0.29) is 5.82 Å². The Morgan fingerprint density at radius 2 is 2.00 bits per heavy atom. The third kappa shape index (κ3) is 3.11. The number of hydrogen-bond acceptors (Lipinski definition) is 1. The Morgan fingerprint density at radius 3 is 2.69 bits per heavy atom. The lowest BCUT2D eigenvalue weighted by molar-refractivity contribution is 0.373. The molecule has 0 aliphatic heterocycles. The van der Waals surface area contributed by atoms with E-state index in [4.69, 9.17) is 11.6 Å². The van der Waals surface area contributed by atoms with Crippen molar-refractivity contribution in [3.8, 4) is 0 Å². The second kappa shape index (κ2) is 5.53. The minimum absolute atomic E-state index is 0.261. The van der Waals surface area contributed by atoms with Crippen LogP contribution in [-0.4, -0.2) is 6.54 Å². The van der Waals surface area contributed by atoms with Gasteiger partial charge in [0.15, 0.2) is 0 Å². The highest BCUT2D eigenvalue weighted by Gasteiger charge is 2.13. The molecule has 0 bridgehead atoms. The Bertz CT molecular complexity index is 348. The van der Waals surface area contributed by atoms with E-state index < -0.39 is 0 Å². The molecule has 0 heterocycles. The summed E-state index contributed by atoms with van der Waals surface area (Å²) in [5, 5.41) is 3.62. The molecule has 1 saturated carbocycles. The highest BCUT2D eigenvalue weighted by Crippen LogP contribution is 2.25. The van der Waals surface area contributed by atoms with Crippen molar-refractivity contribution >= 4 is 17.3 Å². The van der Waals surface area contributed by atoms with Crippen molar-refractivity contribution in [3.63, 3.8) is 0 Å². The monoisotopic (exact) mass is 241 g/mol. The molecule has 0 aromatic heterocycles. The molecule has 1 nitrogen and oxygen atoms in total. The predicted molar refractivity (Wildman–Crippen MR) is 66.5 cm³/mol. The summed E-state index contributed by atoms with van der Waals surface area (Å²) >= 11 is 5.70. The molecule has 88 valence electrons. The SMILES string of the molecule is Fc1cc(Cl)ccc1NCC1CCCCC1. The van der Waals surface area contributed by atoms with Gasteiger partial charge in [-0.1, -0.05) is 30.9 Å². The van der Waals surface area contributed by atoms with Gasteiger partial charge in [-0.15, -0.1) is 0 Å². The summed E-state index contributed by atoms with van der Waals surface area (Å²) in [7, 11) is 0. The fourth-order valence-corrected chi connectivity index (χ4v) is 2.44. The summed E-state index contributed by atoms with van der Waals surface area (Å²) in [5.41, 5.74) is 0.565. The zero-order chi connectivity index (χ0) is 11.4. The molecule has 1 aromatic rings. The maximum absolute atomic E-state index is 13.5. The summed E-state index contributed by atoms with van der Waals surface area (Å²) in [5.74, 6) is 0.437.